The number of fused-ring (bicyclic) bond motifs is 1. The van der Waals surface area contributed by atoms with Gasteiger partial charge in [-0.2, -0.15) is 13.2 Å². The molecule has 1 aromatic heterocycles. The summed E-state index contributed by atoms with van der Waals surface area (Å²) in [5, 5.41) is 16.0. The van der Waals surface area contributed by atoms with Gasteiger partial charge in [0.05, 0.1) is 18.4 Å². The number of anilines is 1. The number of nitrogens with zero attached hydrogens (tertiary/aromatic N) is 4. The zero-order valence-electron chi connectivity index (χ0n) is 22.7. The first-order valence-electron chi connectivity index (χ1n) is 13.7. The van der Waals surface area contributed by atoms with Gasteiger partial charge in [-0.25, -0.2) is 4.98 Å². The Hall–Kier alpha value is -2.98. The van der Waals surface area contributed by atoms with Gasteiger partial charge in [-0.1, -0.05) is 24.9 Å². The number of benzene rings is 1. The van der Waals surface area contributed by atoms with Crippen LogP contribution >= 0.6 is 11.6 Å². The molecule has 1 aromatic carbocycles. The Bertz CT molecular complexity index is 1340. The minimum Gasteiger partial charge on any atom is -0.325 e. The molecule has 2 fully saturated rings. The molecule has 3 heterocycles. The molecule has 40 heavy (non-hydrogen) atoms. The molecule has 0 radical (unpaired) electrons. The van der Waals surface area contributed by atoms with Gasteiger partial charge in [0.2, 0.25) is 0 Å². The van der Waals surface area contributed by atoms with Crippen molar-refractivity contribution < 1.29 is 18.0 Å². The monoisotopic (exact) mass is 574 g/mol. The fourth-order valence-electron chi connectivity index (χ4n) is 6.31. The van der Waals surface area contributed by atoms with E-state index in [9.17, 15) is 18.0 Å². The lowest BCUT2D eigenvalue weighted by Crippen LogP contribution is -2.40. The number of carbonyl (C=O) groups excluding carboxylic acids is 1. The molecule has 2 N–H and O–H groups in total. The zero-order chi connectivity index (χ0) is 28.8. The Kier molecular flexibility index (Phi) is 7.69. The van der Waals surface area contributed by atoms with Crippen LogP contribution in [0.5, 0.6) is 0 Å². The van der Waals surface area contributed by atoms with Crippen molar-refractivity contribution >= 4 is 35.5 Å². The zero-order valence-corrected chi connectivity index (χ0v) is 23.5. The number of halogens is 4. The Morgan fingerprint density at radius 1 is 1.25 bits per heavy atom. The molecule has 0 spiro atoms. The molecule has 1 atom stereocenters. The lowest BCUT2D eigenvalue weighted by Gasteiger charge is -2.43. The van der Waals surface area contributed by atoms with E-state index < -0.39 is 23.1 Å². The number of nitrogens with one attached hydrogen (secondary N) is 2. The van der Waals surface area contributed by atoms with E-state index in [2.05, 4.69) is 16.8 Å². The standard InChI is InChI=1S/C29H34ClF3N6O/c1-18-5-3-8-38(14-18)15-19-9-21-22(23(10-19)29(31,32)33)16-39(27(21)40)26-12-20(11-24(30)36-26)28(6-4-7-28)13-25(35)37(2)17-34/h9-12,17-18,34-35H,3-8,13-16H2,1-2H3/t18-/m0/s1. The summed E-state index contributed by atoms with van der Waals surface area (Å²) in [5.74, 6) is 0.452. The minimum atomic E-state index is -4.60. The van der Waals surface area contributed by atoms with Crippen molar-refractivity contribution in [3.63, 3.8) is 0 Å². The highest BCUT2D eigenvalue weighted by molar-refractivity contribution is 6.29. The molecule has 1 amide bonds. The number of piperidine rings is 1. The number of aromatic nitrogens is 1. The van der Waals surface area contributed by atoms with Gasteiger partial charge in [0.15, 0.2) is 0 Å². The number of amides is 1. The first-order chi connectivity index (χ1) is 18.9. The summed E-state index contributed by atoms with van der Waals surface area (Å²) in [4.78, 5) is 22.9. The molecule has 1 saturated heterocycles. The maximum atomic E-state index is 14.3. The van der Waals surface area contributed by atoms with Crippen LogP contribution < -0.4 is 4.90 Å². The van der Waals surface area contributed by atoms with E-state index in [1.165, 1.54) is 15.9 Å². The average Bonchev–Trinajstić information content (AvgIpc) is 3.20. The number of likely N-dealkylation sites (tertiary alicyclic amines) is 1. The van der Waals surface area contributed by atoms with E-state index in [0.717, 1.165) is 57.1 Å². The largest absolute Gasteiger partial charge is 0.416 e. The Morgan fingerprint density at radius 2 is 2.00 bits per heavy atom. The first kappa shape index (κ1) is 28.5. The average molecular weight is 575 g/mol. The highest BCUT2D eigenvalue weighted by Crippen LogP contribution is 2.48. The Morgan fingerprint density at radius 3 is 2.62 bits per heavy atom. The number of pyridine rings is 1. The van der Waals surface area contributed by atoms with Crippen LogP contribution in [0.2, 0.25) is 5.15 Å². The second kappa shape index (κ2) is 10.8. The summed E-state index contributed by atoms with van der Waals surface area (Å²) in [6.45, 7) is 3.92. The van der Waals surface area contributed by atoms with Gasteiger partial charge in [0.1, 0.15) is 16.8 Å². The van der Waals surface area contributed by atoms with Crippen molar-refractivity contribution in [1.29, 1.82) is 10.8 Å². The highest BCUT2D eigenvalue weighted by Gasteiger charge is 2.43. The van der Waals surface area contributed by atoms with Crippen molar-refractivity contribution in [2.75, 3.05) is 25.0 Å². The second-order valence-electron chi connectivity index (χ2n) is 11.6. The molecule has 0 unspecified atom stereocenters. The van der Waals surface area contributed by atoms with Crippen LogP contribution in [0, 0.1) is 16.7 Å². The molecular formula is C29H34ClF3N6O. The van der Waals surface area contributed by atoms with E-state index in [1.54, 1.807) is 25.2 Å². The van der Waals surface area contributed by atoms with Crippen molar-refractivity contribution in [2.45, 2.75) is 70.1 Å². The minimum absolute atomic E-state index is 0.0377. The summed E-state index contributed by atoms with van der Waals surface area (Å²) in [5.41, 5.74) is 0.132. The van der Waals surface area contributed by atoms with Crippen molar-refractivity contribution in [3.8, 4) is 0 Å². The lowest BCUT2D eigenvalue weighted by atomic mass is 9.62. The predicted molar refractivity (Wildman–Crippen MR) is 149 cm³/mol. The van der Waals surface area contributed by atoms with Crippen LogP contribution in [0.15, 0.2) is 24.3 Å². The maximum Gasteiger partial charge on any atom is 0.416 e. The third-order valence-corrected chi connectivity index (χ3v) is 8.85. The summed E-state index contributed by atoms with van der Waals surface area (Å²) >= 11 is 6.42. The Labute approximate surface area is 237 Å². The summed E-state index contributed by atoms with van der Waals surface area (Å²) < 4.78 is 42.8. The quantitative estimate of drug-likeness (QED) is 0.225. The highest BCUT2D eigenvalue weighted by atomic mass is 35.5. The lowest BCUT2D eigenvalue weighted by molar-refractivity contribution is -0.138. The molecule has 5 rings (SSSR count). The van der Waals surface area contributed by atoms with Gasteiger partial charge in [0, 0.05) is 37.5 Å². The fourth-order valence-corrected chi connectivity index (χ4v) is 6.51. The molecule has 214 valence electrons. The normalized spacial score (nSPS) is 20.7. The molecule has 1 aliphatic carbocycles. The van der Waals surface area contributed by atoms with Crippen LogP contribution in [-0.4, -0.2) is 53.0 Å². The number of amidine groups is 1. The first-order valence-corrected chi connectivity index (χ1v) is 14.0. The third-order valence-electron chi connectivity index (χ3n) is 8.66. The van der Waals surface area contributed by atoms with Crippen LogP contribution in [0.3, 0.4) is 0 Å². The molecule has 2 aliphatic heterocycles. The van der Waals surface area contributed by atoms with Crippen molar-refractivity contribution in [3.05, 3.63) is 57.2 Å². The van der Waals surface area contributed by atoms with Gasteiger partial charge >= 0.3 is 6.18 Å². The van der Waals surface area contributed by atoms with Crippen LogP contribution in [0.4, 0.5) is 19.0 Å². The van der Waals surface area contributed by atoms with Crippen LogP contribution in [0.25, 0.3) is 0 Å². The van der Waals surface area contributed by atoms with E-state index >= 15 is 0 Å². The molecule has 2 aromatic rings. The van der Waals surface area contributed by atoms with Gasteiger partial charge in [0.25, 0.3) is 5.91 Å². The number of rotatable bonds is 7. The molecular weight excluding hydrogens is 541 g/mol. The van der Waals surface area contributed by atoms with Gasteiger partial charge in [-0.3, -0.25) is 25.4 Å². The van der Waals surface area contributed by atoms with Crippen molar-refractivity contribution in [2.24, 2.45) is 5.92 Å². The summed E-state index contributed by atoms with van der Waals surface area (Å²) in [6, 6.07) is 6.25. The predicted octanol–water partition coefficient (Wildman–Crippen LogP) is 6.47. The summed E-state index contributed by atoms with van der Waals surface area (Å²) in [6.07, 6.45) is 1.53. The number of carbonyl (C=O) groups is 1. The third kappa shape index (κ3) is 5.48. The van der Waals surface area contributed by atoms with E-state index in [4.69, 9.17) is 22.4 Å². The summed E-state index contributed by atoms with van der Waals surface area (Å²) in [7, 11) is 1.64. The number of hydrogen-bond acceptors (Lipinski definition) is 5. The molecule has 7 nitrogen and oxygen atoms in total. The van der Waals surface area contributed by atoms with Gasteiger partial charge in [-0.15, -0.1) is 0 Å². The Balaban J connectivity index is 1.48. The SMILES string of the molecule is C[C@H]1CCCN(Cc2cc3c(c(C(F)(F)F)c2)CN(c2cc(C4(CC(=N)N(C)C=N)CCC4)cc(Cl)n2)C3=O)C1. The molecule has 3 aliphatic rings. The molecule has 11 heteroatoms. The fraction of sp³-hybridized carbons (Fsp3) is 0.517. The van der Waals surface area contributed by atoms with Crippen LogP contribution in [-0.2, 0) is 24.7 Å². The second-order valence-corrected chi connectivity index (χ2v) is 12.0. The van der Waals surface area contributed by atoms with Gasteiger partial charge in [-0.05, 0) is 79.1 Å². The smallest absolute Gasteiger partial charge is 0.325 e. The number of hydrogen-bond donors (Lipinski definition) is 2. The number of alkyl halides is 3. The molecule has 1 saturated carbocycles. The van der Waals surface area contributed by atoms with Crippen molar-refractivity contribution in [1.82, 2.24) is 14.8 Å². The van der Waals surface area contributed by atoms with E-state index in [1.807, 2.05) is 0 Å². The molecule has 0 bridgehead atoms. The maximum absolute atomic E-state index is 14.3. The van der Waals surface area contributed by atoms with E-state index in [-0.39, 0.29) is 34.5 Å². The van der Waals surface area contributed by atoms with Crippen LogP contribution in [0.1, 0.15) is 78.1 Å². The topological polar surface area (TPSA) is 87.4 Å². The van der Waals surface area contributed by atoms with Gasteiger partial charge < -0.3 is 4.90 Å². The van der Waals surface area contributed by atoms with E-state index in [0.29, 0.717) is 24.4 Å².